The van der Waals surface area contributed by atoms with Crippen LogP contribution in [0.25, 0.3) is 0 Å². The summed E-state index contributed by atoms with van der Waals surface area (Å²) in [6.45, 7) is 3.28. The minimum atomic E-state index is -0.972. The Bertz CT molecular complexity index is 1050. The fourth-order valence-electron chi connectivity index (χ4n) is 3.61. The number of hydrogen-bond acceptors (Lipinski definition) is 8. The summed E-state index contributed by atoms with van der Waals surface area (Å²) < 4.78 is 18.3. The number of benzene rings is 1. The summed E-state index contributed by atoms with van der Waals surface area (Å²) in [5.74, 6) is -1.04. The van der Waals surface area contributed by atoms with Crippen LogP contribution in [0.5, 0.6) is 0 Å². The van der Waals surface area contributed by atoms with Gasteiger partial charge in [-0.05, 0) is 31.5 Å². The van der Waals surface area contributed by atoms with Gasteiger partial charge in [0.05, 0.1) is 12.5 Å². The molecule has 3 rings (SSSR count). The third-order valence-electron chi connectivity index (χ3n) is 5.29. The molecule has 1 aromatic carbocycles. The molecule has 4 atom stereocenters. The van der Waals surface area contributed by atoms with Crippen molar-refractivity contribution in [1.82, 2.24) is 9.55 Å². The number of carbonyl (C=O) groups is 3. The van der Waals surface area contributed by atoms with Crippen LogP contribution >= 0.6 is 0 Å². The van der Waals surface area contributed by atoms with Crippen molar-refractivity contribution in [2.75, 3.05) is 12.4 Å². The van der Waals surface area contributed by atoms with Gasteiger partial charge in [0.1, 0.15) is 17.7 Å². The molecule has 33 heavy (non-hydrogen) atoms. The quantitative estimate of drug-likeness (QED) is 0.568. The smallest absolute Gasteiger partial charge is 0.351 e. The van der Waals surface area contributed by atoms with Gasteiger partial charge in [0.15, 0.2) is 12.3 Å². The van der Waals surface area contributed by atoms with Gasteiger partial charge in [-0.15, -0.1) is 0 Å². The average Bonchev–Trinajstić information content (AvgIpc) is 3.15. The number of methoxy groups -OCH3 is 1. The van der Waals surface area contributed by atoms with Crippen LogP contribution in [0.2, 0.25) is 0 Å². The van der Waals surface area contributed by atoms with Gasteiger partial charge in [0.25, 0.3) is 5.91 Å². The number of esters is 1. The Morgan fingerprint density at radius 2 is 1.85 bits per heavy atom. The first-order valence-electron chi connectivity index (χ1n) is 10.7. The molecule has 0 spiro atoms. The fourth-order valence-corrected chi connectivity index (χ4v) is 3.61. The van der Waals surface area contributed by atoms with Crippen molar-refractivity contribution in [3.8, 4) is 0 Å². The van der Waals surface area contributed by atoms with Crippen LogP contribution in [0.1, 0.15) is 49.7 Å². The number of Topliss-reactive ketones (excluding diaryl/α,β-unsaturated/α-hetero) is 1. The van der Waals surface area contributed by atoms with E-state index < -0.39 is 42.1 Å². The van der Waals surface area contributed by atoms with Crippen LogP contribution in [0.3, 0.4) is 0 Å². The van der Waals surface area contributed by atoms with E-state index in [1.807, 2.05) is 6.92 Å². The normalized spacial score (nSPS) is 22.0. The standard InChI is InChI=1S/C23H27N3O7/c1-4-16-19(31-3)20(33-18(28)11-10-14(2)27)22(32-16)26-13-12-17(25-23(26)30)24-21(29)15-8-6-5-7-9-15/h5-9,12-13,16,19-20,22H,4,10-11H2,1-3H3,(H,24,25,29,30)/t16-,19?,20+,22-/m1/s1. The summed E-state index contributed by atoms with van der Waals surface area (Å²) >= 11 is 0. The zero-order chi connectivity index (χ0) is 24.0. The van der Waals surface area contributed by atoms with E-state index in [0.29, 0.717) is 12.0 Å². The predicted octanol–water partition coefficient (Wildman–Crippen LogP) is 2.10. The van der Waals surface area contributed by atoms with Crippen molar-refractivity contribution < 1.29 is 28.6 Å². The molecule has 0 bridgehead atoms. The topological polar surface area (TPSA) is 126 Å². The van der Waals surface area contributed by atoms with Gasteiger partial charge in [-0.25, -0.2) is 4.79 Å². The first-order chi connectivity index (χ1) is 15.8. The minimum Gasteiger partial charge on any atom is -0.455 e. The fraction of sp³-hybridized carbons (Fsp3) is 0.435. The van der Waals surface area contributed by atoms with E-state index in [-0.39, 0.29) is 24.4 Å². The van der Waals surface area contributed by atoms with Gasteiger partial charge in [-0.2, -0.15) is 4.98 Å². The van der Waals surface area contributed by atoms with Crippen molar-refractivity contribution in [2.45, 2.75) is 57.6 Å². The lowest BCUT2D eigenvalue weighted by molar-refractivity contribution is -0.160. The second-order valence-electron chi connectivity index (χ2n) is 7.65. The van der Waals surface area contributed by atoms with Crippen molar-refractivity contribution in [1.29, 1.82) is 0 Å². The summed E-state index contributed by atoms with van der Waals surface area (Å²) in [7, 11) is 1.47. The number of amides is 1. The summed E-state index contributed by atoms with van der Waals surface area (Å²) in [4.78, 5) is 52.5. The molecule has 0 radical (unpaired) electrons. The molecule has 1 aliphatic heterocycles. The maximum atomic E-state index is 12.8. The summed E-state index contributed by atoms with van der Waals surface area (Å²) in [6.07, 6.45) is -0.956. The number of carbonyl (C=O) groups excluding carboxylic acids is 3. The summed E-state index contributed by atoms with van der Waals surface area (Å²) in [6, 6.07) is 9.99. The lowest BCUT2D eigenvalue weighted by Crippen LogP contribution is -2.40. The highest BCUT2D eigenvalue weighted by molar-refractivity contribution is 6.03. The number of nitrogens with zero attached hydrogens (tertiary/aromatic N) is 2. The SMILES string of the molecule is CC[C@H]1O[C@@H](n2ccc(NC(=O)c3ccccc3)nc2=O)[C@@H](OC(=O)CCC(C)=O)C1OC. The number of aromatic nitrogens is 2. The van der Waals surface area contributed by atoms with E-state index in [0.717, 1.165) is 0 Å². The monoisotopic (exact) mass is 457 g/mol. The number of hydrogen-bond donors (Lipinski definition) is 1. The first kappa shape index (κ1) is 24.3. The molecule has 10 heteroatoms. The van der Waals surface area contributed by atoms with E-state index >= 15 is 0 Å². The molecule has 176 valence electrons. The van der Waals surface area contributed by atoms with Crippen LogP contribution < -0.4 is 11.0 Å². The Morgan fingerprint density at radius 1 is 1.12 bits per heavy atom. The maximum absolute atomic E-state index is 12.8. The van der Waals surface area contributed by atoms with E-state index in [9.17, 15) is 19.2 Å². The number of ketones is 1. The highest BCUT2D eigenvalue weighted by Crippen LogP contribution is 2.34. The second kappa shape index (κ2) is 11.0. The van der Waals surface area contributed by atoms with Crippen LogP contribution in [0, 0.1) is 0 Å². The Hall–Kier alpha value is -3.37. The Balaban J connectivity index is 1.81. The van der Waals surface area contributed by atoms with Gasteiger partial charge in [-0.3, -0.25) is 14.2 Å². The highest BCUT2D eigenvalue weighted by atomic mass is 16.6. The zero-order valence-corrected chi connectivity index (χ0v) is 18.7. The molecule has 1 amide bonds. The number of ether oxygens (including phenoxy) is 3. The molecule has 0 aliphatic carbocycles. The van der Waals surface area contributed by atoms with Gasteiger partial charge >= 0.3 is 11.7 Å². The third-order valence-corrected chi connectivity index (χ3v) is 5.29. The molecule has 2 aromatic rings. The van der Waals surface area contributed by atoms with E-state index in [1.54, 1.807) is 30.3 Å². The molecular weight excluding hydrogens is 430 g/mol. The number of anilines is 1. The molecular formula is C23H27N3O7. The van der Waals surface area contributed by atoms with Crippen LogP contribution in [-0.2, 0) is 23.8 Å². The van der Waals surface area contributed by atoms with Crippen molar-refractivity contribution >= 4 is 23.5 Å². The van der Waals surface area contributed by atoms with Gasteiger partial charge < -0.3 is 24.3 Å². The largest absolute Gasteiger partial charge is 0.455 e. The Morgan fingerprint density at radius 3 is 2.45 bits per heavy atom. The average molecular weight is 457 g/mol. The maximum Gasteiger partial charge on any atom is 0.351 e. The molecule has 1 N–H and O–H groups in total. The Kier molecular flexibility index (Phi) is 8.07. The Labute approximate surface area is 190 Å². The van der Waals surface area contributed by atoms with E-state index in [2.05, 4.69) is 10.3 Å². The van der Waals surface area contributed by atoms with Gasteiger partial charge in [0.2, 0.25) is 0 Å². The summed E-state index contributed by atoms with van der Waals surface area (Å²) in [5.41, 5.74) is -0.267. The lowest BCUT2D eigenvalue weighted by atomic mass is 10.1. The van der Waals surface area contributed by atoms with E-state index in [1.165, 1.54) is 30.9 Å². The van der Waals surface area contributed by atoms with Crippen LogP contribution in [-0.4, -0.2) is 52.6 Å². The van der Waals surface area contributed by atoms with Crippen molar-refractivity contribution in [3.05, 3.63) is 58.6 Å². The second-order valence-corrected chi connectivity index (χ2v) is 7.65. The van der Waals surface area contributed by atoms with Crippen LogP contribution in [0.15, 0.2) is 47.4 Å². The molecule has 1 unspecified atom stereocenters. The summed E-state index contributed by atoms with van der Waals surface area (Å²) in [5, 5.41) is 2.58. The zero-order valence-electron chi connectivity index (χ0n) is 18.7. The molecule has 10 nitrogen and oxygen atoms in total. The molecule has 1 saturated heterocycles. The van der Waals surface area contributed by atoms with Crippen molar-refractivity contribution in [3.63, 3.8) is 0 Å². The minimum absolute atomic E-state index is 0.0588. The van der Waals surface area contributed by atoms with Gasteiger partial charge in [0, 0.05) is 25.3 Å². The molecule has 1 fully saturated rings. The van der Waals surface area contributed by atoms with Crippen LogP contribution in [0.4, 0.5) is 5.82 Å². The highest BCUT2D eigenvalue weighted by Gasteiger charge is 2.48. The third kappa shape index (κ3) is 5.91. The molecule has 1 aromatic heterocycles. The van der Waals surface area contributed by atoms with E-state index in [4.69, 9.17) is 14.2 Å². The molecule has 2 heterocycles. The molecule has 0 saturated carbocycles. The molecule has 1 aliphatic rings. The lowest BCUT2D eigenvalue weighted by Gasteiger charge is -2.24. The first-order valence-corrected chi connectivity index (χ1v) is 10.7. The predicted molar refractivity (Wildman–Crippen MR) is 118 cm³/mol. The number of nitrogens with one attached hydrogen (secondary N) is 1. The van der Waals surface area contributed by atoms with Crippen molar-refractivity contribution in [2.24, 2.45) is 0 Å². The van der Waals surface area contributed by atoms with Gasteiger partial charge in [-0.1, -0.05) is 25.1 Å². The number of rotatable bonds is 9.